The highest BCUT2D eigenvalue weighted by Gasteiger charge is 2.28. The van der Waals surface area contributed by atoms with Crippen molar-refractivity contribution < 1.29 is 13.6 Å². The molecule has 1 amide bonds. The number of carbonyl (C=O) groups excluding carboxylic acids is 1. The zero-order chi connectivity index (χ0) is 13.8. The molecule has 6 heteroatoms. The molecule has 1 saturated carbocycles. The summed E-state index contributed by atoms with van der Waals surface area (Å²) < 4.78 is 25.7. The van der Waals surface area contributed by atoms with Gasteiger partial charge in [-0.2, -0.15) is 0 Å². The van der Waals surface area contributed by atoms with Gasteiger partial charge in [-0.05, 0) is 37.0 Å². The fourth-order valence-electron chi connectivity index (χ4n) is 1.69. The van der Waals surface area contributed by atoms with E-state index in [1.165, 1.54) is 17.8 Å². The number of rotatable bonds is 6. The first kappa shape index (κ1) is 14.3. The number of hydrogen-bond donors (Lipinski definition) is 2. The summed E-state index contributed by atoms with van der Waals surface area (Å²) in [4.78, 5) is 12.1. The summed E-state index contributed by atoms with van der Waals surface area (Å²) in [6, 6.07) is 3.62. The minimum atomic E-state index is -0.902. The van der Waals surface area contributed by atoms with E-state index in [9.17, 15) is 13.6 Å². The molecule has 3 N–H and O–H groups in total. The van der Waals surface area contributed by atoms with Crippen molar-refractivity contribution in [2.24, 2.45) is 11.7 Å². The molecular weight excluding hydrogens is 270 g/mol. The van der Waals surface area contributed by atoms with Gasteiger partial charge in [-0.3, -0.25) is 4.79 Å². The normalized spacial score (nSPS) is 16.2. The molecule has 1 aromatic carbocycles. The van der Waals surface area contributed by atoms with Crippen LogP contribution in [-0.2, 0) is 4.79 Å². The van der Waals surface area contributed by atoms with Crippen LogP contribution in [0.3, 0.4) is 0 Å². The van der Waals surface area contributed by atoms with Crippen LogP contribution in [0, 0.1) is 17.6 Å². The highest BCUT2D eigenvalue weighted by Crippen LogP contribution is 2.31. The summed E-state index contributed by atoms with van der Waals surface area (Å²) in [5.41, 5.74) is 5.86. The molecule has 0 saturated heterocycles. The number of nitrogens with two attached hydrogens (primary N) is 1. The van der Waals surface area contributed by atoms with Crippen LogP contribution < -0.4 is 11.1 Å². The molecule has 0 spiro atoms. The zero-order valence-electron chi connectivity index (χ0n) is 10.4. The molecule has 1 unspecified atom stereocenters. The van der Waals surface area contributed by atoms with Gasteiger partial charge in [-0.1, -0.05) is 0 Å². The van der Waals surface area contributed by atoms with Crippen LogP contribution in [0.15, 0.2) is 23.1 Å². The average molecular weight is 286 g/mol. The molecule has 3 nitrogen and oxygen atoms in total. The predicted octanol–water partition coefficient (Wildman–Crippen LogP) is 1.91. The van der Waals surface area contributed by atoms with Crippen LogP contribution in [-0.4, -0.2) is 24.2 Å². The Morgan fingerprint density at radius 3 is 2.79 bits per heavy atom. The quantitative estimate of drug-likeness (QED) is 0.785. The summed E-state index contributed by atoms with van der Waals surface area (Å²) in [6.07, 6.45) is 2.28. The highest BCUT2D eigenvalue weighted by molar-refractivity contribution is 8.00. The minimum Gasteiger partial charge on any atom is -0.354 e. The molecule has 2 rings (SSSR count). The third-order valence-electron chi connectivity index (χ3n) is 3.02. The summed E-state index contributed by atoms with van der Waals surface area (Å²) in [6.45, 7) is 0.474. The Bertz CT molecular complexity index is 466. The molecule has 1 fully saturated rings. The monoisotopic (exact) mass is 286 g/mol. The molecular formula is C13H16F2N2OS. The van der Waals surface area contributed by atoms with Gasteiger partial charge in [-0.25, -0.2) is 8.78 Å². The Balaban J connectivity index is 1.71. The summed E-state index contributed by atoms with van der Waals surface area (Å²) >= 11 is 1.17. The number of nitrogens with one attached hydrogen (secondary N) is 1. The molecule has 1 aliphatic rings. The molecule has 1 aromatic rings. The van der Waals surface area contributed by atoms with Gasteiger partial charge in [0, 0.05) is 17.5 Å². The van der Waals surface area contributed by atoms with E-state index < -0.39 is 11.6 Å². The van der Waals surface area contributed by atoms with E-state index in [0.717, 1.165) is 25.0 Å². The van der Waals surface area contributed by atoms with E-state index >= 15 is 0 Å². The van der Waals surface area contributed by atoms with Crippen molar-refractivity contribution in [3.8, 4) is 0 Å². The van der Waals surface area contributed by atoms with Crippen molar-refractivity contribution in [3.63, 3.8) is 0 Å². The van der Waals surface area contributed by atoms with E-state index in [2.05, 4.69) is 5.32 Å². The number of halogens is 2. The number of benzene rings is 1. The van der Waals surface area contributed by atoms with Crippen LogP contribution in [0.4, 0.5) is 8.78 Å². The van der Waals surface area contributed by atoms with Gasteiger partial charge >= 0.3 is 0 Å². The topological polar surface area (TPSA) is 55.1 Å². The summed E-state index contributed by atoms with van der Waals surface area (Å²) in [7, 11) is 0. The van der Waals surface area contributed by atoms with E-state index in [1.807, 2.05) is 0 Å². The third kappa shape index (κ3) is 4.47. The molecule has 0 aromatic heterocycles. The lowest BCUT2D eigenvalue weighted by molar-refractivity contribution is -0.118. The maximum Gasteiger partial charge on any atom is 0.230 e. The van der Waals surface area contributed by atoms with Gasteiger partial charge in [0.2, 0.25) is 5.91 Å². The first-order valence-corrected chi connectivity index (χ1v) is 7.15. The molecule has 0 heterocycles. The third-order valence-corrected chi connectivity index (χ3v) is 4.02. The van der Waals surface area contributed by atoms with Crippen molar-refractivity contribution in [2.45, 2.75) is 23.8 Å². The average Bonchev–Trinajstić information content (AvgIpc) is 3.21. The van der Waals surface area contributed by atoms with E-state index in [1.54, 1.807) is 0 Å². The lowest BCUT2D eigenvalue weighted by Gasteiger charge is -2.11. The maximum absolute atomic E-state index is 12.9. The highest BCUT2D eigenvalue weighted by atomic mass is 32.2. The van der Waals surface area contributed by atoms with Gasteiger partial charge in [0.15, 0.2) is 11.6 Å². The molecule has 1 aliphatic carbocycles. The Morgan fingerprint density at radius 2 is 2.16 bits per heavy atom. The lowest BCUT2D eigenvalue weighted by Crippen LogP contribution is -2.39. The van der Waals surface area contributed by atoms with Gasteiger partial charge in [0.05, 0.1) is 5.75 Å². The number of hydrogen-bond acceptors (Lipinski definition) is 3. The SMILES string of the molecule is NC(CNC(=O)CSc1ccc(F)c(F)c1)C1CC1. The number of amides is 1. The Labute approximate surface area is 114 Å². The number of thioether (sulfide) groups is 1. The van der Waals surface area contributed by atoms with Crippen LogP contribution in [0.2, 0.25) is 0 Å². The Hall–Kier alpha value is -1.14. The summed E-state index contributed by atoms with van der Waals surface area (Å²) in [5.74, 6) is -1.22. The Kier molecular flexibility index (Phi) is 4.76. The second kappa shape index (κ2) is 6.34. The van der Waals surface area contributed by atoms with Gasteiger partial charge in [0.1, 0.15) is 0 Å². The van der Waals surface area contributed by atoms with E-state index in [4.69, 9.17) is 5.73 Å². The van der Waals surface area contributed by atoms with Crippen LogP contribution in [0.1, 0.15) is 12.8 Å². The van der Waals surface area contributed by atoms with E-state index in [0.29, 0.717) is 17.4 Å². The van der Waals surface area contributed by atoms with Crippen molar-refractivity contribution >= 4 is 17.7 Å². The lowest BCUT2D eigenvalue weighted by atomic mass is 10.2. The first-order valence-electron chi connectivity index (χ1n) is 6.16. The largest absolute Gasteiger partial charge is 0.354 e. The molecule has 0 radical (unpaired) electrons. The molecule has 19 heavy (non-hydrogen) atoms. The Morgan fingerprint density at radius 1 is 1.42 bits per heavy atom. The van der Waals surface area contributed by atoms with Gasteiger partial charge in [0.25, 0.3) is 0 Å². The van der Waals surface area contributed by atoms with Crippen molar-refractivity contribution in [1.29, 1.82) is 0 Å². The van der Waals surface area contributed by atoms with Crippen molar-refractivity contribution in [2.75, 3.05) is 12.3 Å². The van der Waals surface area contributed by atoms with E-state index in [-0.39, 0.29) is 17.7 Å². The zero-order valence-corrected chi connectivity index (χ0v) is 11.2. The number of carbonyl (C=O) groups is 1. The van der Waals surface area contributed by atoms with Crippen molar-refractivity contribution in [1.82, 2.24) is 5.32 Å². The fourth-order valence-corrected chi connectivity index (χ4v) is 2.44. The molecule has 0 bridgehead atoms. The summed E-state index contributed by atoms with van der Waals surface area (Å²) in [5, 5.41) is 2.75. The molecule has 104 valence electrons. The van der Waals surface area contributed by atoms with Crippen molar-refractivity contribution in [3.05, 3.63) is 29.8 Å². The van der Waals surface area contributed by atoms with Gasteiger partial charge in [-0.15, -0.1) is 11.8 Å². The maximum atomic E-state index is 12.9. The second-order valence-electron chi connectivity index (χ2n) is 4.67. The van der Waals surface area contributed by atoms with Crippen LogP contribution in [0.5, 0.6) is 0 Å². The van der Waals surface area contributed by atoms with Gasteiger partial charge < -0.3 is 11.1 Å². The standard InChI is InChI=1S/C13H16F2N2OS/c14-10-4-3-9(5-11(10)15)19-7-13(18)17-6-12(16)8-1-2-8/h3-5,8,12H,1-2,6-7,16H2,(H,17,18). The van der Waals surface area contributed by atoms with Crippen LogP contribution in [0.25, 0.3) is 0 Å². The smallest absolute Gasteiger partial charge is 0.230 e. The van der Waals surface area contributed by atoms with Crippen LogP contribution >= 0.6 is 11.8 Å². The first-order chi connectivity index (χ1) is 9.06. The second-order valence-corrected chi connectivity index (χ2v) is 5.72. The molecule has 1 atom stereocenters. The molecule has 0 aliphatic heterocycles. The fraction of sp³-hybridized carbons (Fsp3) is 0.462. The minimum absolute atomic E-state index is 0.0252. The predicted molar refractivity (Wildman–Crippen MR) is 70.8 cm³/mol.